The predicted molar refractivity (Wildman–Crippen MR) is 61.3 cm³/mol. The maximum Gasteiger partial charge on any atom is 0.310 e. The van der Waals surface area contributed by atoms with Gasteiger partial charge < -0.3 is 5.11 Å². The first-order valence-electron chi connectivity index (χ1n) is 5.30. The number of rotatable bonds is 6. The maximum atomic E-state index is 13.0. The van der Waals surface area contributed by atoms with E-state index in [0.717, 1.165) is 12.1 Å². The van der Waals surface area contributed by atoms with Gasteiger partial charge >= 0.3 is 5.97 Å². The maximum absolute atomic E-state index is 13.0. The molecule has 94 valence electrons. The Balaban J connectivity index is 2.82. The second-order valence-corrected chi connectivity index (χ2v) is 4.13. The van der Waals surface area contributed by atoms with Gasteiger partial charge in [-0.3, -0.25) is 4.79 Å². The zero-order chi connectivity index (χ0) is 12.8. The number of carboxylic acids is 1. The van der Waals surface area contributed by atoms with Crippen LogP contribution in [0, 0.1) is 11.6 Å². The molecule has 0 aliphatic rings. The molecule has 1 rings (SSSR count). The van der Waals surface area contributed by atoms with E-state index >= 15 is 0 Å². The number of benzene rings is 1. The molecule has 17 heavy (non-hydrogen) atoms. The minimum Gasteiger partial charge on any atom is -0.481 e. The number of hydrogen-bond donors (Lipinski definition) is 1. The van der Waals surface area contributed by atoms with E-state index in [1.165, 1.54) is 6.07 Å². The first-order valence-corrected chi connectivity index (χ1v) is 5.83. The molecule has 0 saturated heterocycles. The molecule has 0 aliphatic heterocycles. The van der Waals surface area contributed by atoms with Crippen molar-refractivity contribution in [3.8, 4) is 0 Å². The van der Waals surface area contributed by atoms with Crippen molar-refractivity contribution in [3.05, 3.63) is 35.4 Å². The van der Waals surface area contributed by atoms with Gasteiger partial charge in [0.15, 0.2) is 11.6 Å². The van der Waals surface area contributed by atoms with Crippen LogP contribution in [0.1, 0.15) is 30.7 Å². The van der Waals surface area contributed by atoms with Gasteiger partial charge in [-0.15, -0.1) is 11.6 Å². The summed E-state index contributed by atoms with van der Waals surface area (Å²) in [7, 11) is 0. The molecule has 1 N–H and O–H groups in total. The van der Waals surface area contributed by atoms with Crippen molar-refractivity contribution in [2.45, 2.75) is 25.2 Å². The molecule has 1 unspecified atom stereocenters. The van der Waals surface area contributed by atoms with E-state index in [1.54, 1.807) is 0 Å². The third kappa shape index (κ3) is 3.97. The molecule has 0 bridgehead atoms. The molecule has 0 radical (unpaired) electrons. The third-order valence-electron chi connectivity index (χ3n) is 2.52. The number of carboxylic acid groups (broad SMARTS) is 1. The lowest BCUT2D eigenvalue weighted by Gasteiger charge is -2.12. The summed E-state index contributed by atoms with van der Waals surface area (Å²) in [6.45, 7) is 0. The molecule has 0 heterocycles. The highest BCUT2D eigenvalue weighted by Gasteiger charge is 2.20. The van der Waals surface area contributed by atoms with E-state index in [-0.39, 0.29) is 5.56 Å². The van der Waals surface area contributed by atoms with Crippen molar-refractivity contribution in [2.24, 2.45) is 0 Å². The standard InChI is InChI=1S/C12H13ClF2O2/c13-6-2-1-3-9(12(16)17)8-4-5-10(14)11(15)7-8/h4-5,7,9H,1-3,6H2,(H,16,17). The fourth-order valence-electron chi connectivity index (χ4n) is 1.60. The highest BCUT2D eigenvalue weighted by atomic mass is 35.5. The molecule has 1 aromatic carbocycles. The van der Waals surface area contributed by atoms with Gasteiger partial charge in [-0.1, -0.05) is 12.5 Å². The smallest absolute Gasteiger partial charge is 0.310 e. The van der Waals surface area contributed by atoms with E-state index < -0.39 is 23.5 Å². The summed E-state index contributed by atoms with van der Waals surface area (Å²) >= 11 is 5.50. The van der Waals surface area contributed by atoms with Crippen molar-refractivity contribution < 1.29 is 18.7 Å². The van der Waals surface area contributed by atoms with Crippen LogP contribution < -0.4 is 0 Å². The van der Waals surface area contributed by atoms with Crippen LogP contribution in [-0.2, 0) is 4.79 Å². The fraction of sp³-hybridized carbons (Fsp3) is 0.417. The molecule has 0 amide bonds. The molecule has 0 fully saturated rings. The van der Waals surface area contributed by atoms with Gasteiger partial charge in [0.25, 0.3) is 0 Å². The van der Waals surface area contributed by atoms with E-state index in [1.807, 2.05) is 0 Å². The average Bonchev–Trinajstić information content (AvgIpc) is 2.28. The lowest BCUT2D eigenvalue weighted by Crippen LogP contribution is -2.12. The molecule has 1 atom stereocenters. The van der Waals surface area contributed by atoms with Gasteiger partial charge in [0.2, 0.25) is 0 Å². The molecule has 2 nitrogen and oxygen atoms in total. The minimum absolute atomic E-state index is 0.283. The van der Waals surface area contributed by atoms with E-state index in [4.69, 9.17) is 16.7 Å². The van der Waals surface area contributed by atoms with Crippen LogP contribution in [-0.4, -0.2) is 17.0 Å². The van der Waals surface area contributed by atoms with Gasteiger partial charge in [-0.05, 0) is 30.5 Å². The first-order chi connectivity index (χ1) is 8.06. The Morgan fingerprint density at radius 2 is 2.00 bits per heavy atom. The van der Waals surface area contributed by atoms with E-state index in [9.17, 15) is 13.6 Å². The van der Waals surface area contributed by atoms with Crippen LogP contribution >= 0.6 is 11.6 Å². The molecular weight excluding hydrogens is 250 g/mol. The molecule has 0 aromatic heterocycles. The van der Waals surface area contributed by atoms with Crippen molar-refractivity contribution in [1.29, 1.82) is 0 Å². The van der Waals surface area contributed by atoms with Crippen LogP contribution in [0.5, 0.6) is 0 Å². The first kappa shape index (κ1) is 13.9. The van der Waals surface area contributed by atoms with Crippen LogP contribution in [0.15, 0.2) is 18.2 Å². The van der Waals surface area contributed by atoms with Gasteiger partial charge in [-0.2, -0.15) is 0 Å². The number of carbonyl (C=O) groups is 1. The average molecular weight is 263 g/mol. The van der Waals surface area contributed by atoms with E-state index in [0.29, 0.717) is 25.1 Å². The van der Waals surface area contributed by atoms with Crippen LogP contribution in [0.25, 0.3) is 0 Å². The van der Waals surface area contributed by atoms with Gasteiger partial charge in [0, 0.05) is 5.88 Å². The SMILES string of the molecule is O=C(O)C(CCCCCl)c1ccc(F)c(F)c1. The Hall–Kier alpha value is -1.16. The number of unbranched alkanes of at least 4 members (excludes halogenated alkanes) is 1. The summed E-state index contributed by atoms with van der Waals surface area (Å²) in [4.78, 5) is 11.0. The number of alkyl halides is 1. The lowest BCUT2D eigenvalue weighted by atomic mass is 9.93. The second-order valence-electron chi connectivity index (χ2n) is 3.75. The molecule has 0 saturated carbocycles. The number of hydrogen-bond acceptors (Lipinski definition) is 1. The summed E-state index contributed by atoms with van der Waals surface area (Å²) in [5, 5.41) is 9.04. The number of aliphatic carboxylic acids is 1. The molecule has 0 spiro atoms. The third-order valence-corrected chi connectivity index (χ3v) is 2.79. The van der Waals surface area contributed by atoms with Crippen molar-refractivity contribution in [3.63, 3.8) is 0 Å². The quantitative estimate of drug-likeness (QED) is 0.629. The van der Waals surface area contributed by atoms with Crippen molar-refractivity contribution >= 4 is 17.6 Å². The Kier molecular flexibility index (Phi) is 5.35. The Bertz CT molecular complexity index is 396. The van der Waals surface area contributed by atoms with Gasteiger partial charge in [0.05, 0.1) is 5.92 Å². The van der Waals surface area contributed by atoms with Crippen molar-refractivity contribution in [1.82, 2.24) is 0 Å². The highest BCUT2D eigenvalue weighted by molar-refractivity contribution is 6.17. The van der Waals surface area contributed by atoms with Gasteiger partial charge in [-0.25, -0.2) is 8.78 Å². The monoisotopic (exact) mass is 262 g/mol. The van der Waals surface area contributed by atoms with E-state index in [2.05, 4.69) is 0 Å². The normalized spacial score (nSPS) is 12.4. The van der Waals surface area contributed by atoms with Crippen LogP contribution in [0.4, 0.5) is 8.78 Å². The summed E-state index contributed by atoms with van der Waals surface area (Å²) in [5.74, 6) is -3.38. The summed E-state index contributed by atoms with van der Waals surface area (Å²) < 4.78 is 25.7. The zero-order valence-electron chi connectivity index (χ0n) is 9.13. The second kappa shape index (κ2) is 6.55. The van der Waals surface area contributed by atoms with Crippen LogP contribution in [0.3, 0.4) is 0 Å². The van der Waals surface area contributed by atoms with Crippen molar-refractivity contribution in [2.75, 3.05) is 5.88 Å². The number of halogens is 3. The molecule has 0 aliphatic carbocycles. The minimum atomic E-state index is -1.04. The Labute approximate surface area is 103 Å². The Morgan fingerprint density at radius 3 is 2.53 bits per heavy atom. The molecule has 5 heteroatoms. The fourth-order valence-corrected chi connectivity index (χ4v) is 1.79. The summed E-state index contributed by atoms with van der Waals surface area (Å²) in [6.07, 6.45) is 1.71. The van der Waals surface area contributed by atoms with Gasteiger partial charge in [0.1, 0.15) is 0 Å². The summed E-state index contributed by atoms with van der Waals surface area (Å²) in [6, 6.07) is 3.19. The van der Waals surface area contributed by atoms with Crippen LogP contribution in [0.2, 0.25) is 0 Å². The highest BCUT2D eigenvalue weighted by Crippen LogP contribution is 2.24. The zero-order valence-corrected chi connectivity index (χ0v) is 9.88. The lowest BCUT2D eigenvalue weighted by molar-refractivity contribution is -0.139. The Morgan fingerprint density at radius 1 is 1.29 bits per heavy atom. The summed E-state index contributed by atoms with van der Waals surface area (Å²) in [5.41, 5.74) is 0.283. The topological polar surface area (TPSA) is 37.3 Å². The largest absolute Gasteiger partial charge is 0.481 e. The predicted octanol–water partition coefficient (Wildman–Crippen LogP) is 3.54. The molecule has 1 aromatic rings. The molecular formula is C12H13ClF2O2.